The van der Waals surface area contributed by atoms with Crippen LogP contribution in [0.3, 0.4) is 0 Å². The van der Waals surface area contributed by atoms with Gasteiger partial charge in [0.2, 0.25) is 5.91 Å². The Morgan fingerprint density at radius 3 is 2.59 bits per heavy atom. The molecule has 0 radical (unpaired) electrons. The molecule has 3 N–H and O–H groups in total. The van der Waals surface area contributed by atoms with Crippen LogP contribution in [0.15, 0.2) is 29.3 Å². The van der Waals surface area contributed by atoms with Crippen molar-refractivity contribution in [2.24, 2.45) is 4.99 Å². The van der Waals surface area contributed by atoms with Crippen molar-refractivity contribution in [1.82, 2.24) is 20.9 Å². The van der Waals surface area contributed by atoms with Gasteiger partial charge in [0.25, 0.3) is 5.91 Å². The number of amides is 2. The number of guanidine groups is 1. The molecule has 3 rings (SSSR count). The highest BCUT2D eigenvalue weighted by Gasteiger charge is 2.22. The average Bonchev–Trinajstić information content (AvgIpc) is 2.73. The van der Waals surface area contributed by atoms with Crippen LogP contribution >= 0.6 is 24.0 Å². The molecule has 0 aromatic heterocycles. The molecule has 2 fully saturated rings. The number of piperazine rings is 1. The second-order valence-corrected chi connectivity index (χ2v) is 7.45. The normalized spacial score (nSPS) is 17.9. The minimum absolute atomic E-state index is 0. The van der Waals surface area contributed by atoms with Crippen molar-refractivity contribution in [2.45, 2.75) is 51.6 Å². The Kier molecular flexibility index (Phi) is 9.69. The number of nitrogens with one attached hydrogen (secondary N) is 3. The molecule has 0 spiro atoms. The molecule has 1 heterocycles. The molecule has 1 aromatic rings. The van der Waals surface area contributed by atoms with E-state index in [0.717, 1.165) is 18.1 Å². The van der Waals surface area contributed by atoms with Gasteiger partial charge in [-0.15, -0.1) is 24.0 Å². The van der Waals surface area contributed by atoms with E-state index >= 15 is 0 Å². The summed E-state index contributed by atoms with van der Waals surface area (Å²) in [5, 5.41) is 9.60. The summed E-state index contributed by atoms with van der Waals surface area (Å²) in [5.41, 5.74) is 1.66. The predicted octanol–water partition coefficient (Wildman–Crippen LogP) is 2.26. The van der Waals surface area contributed by atoms with Crippen molar-refractivity contribution in [2.75, 3.05) is 26.2 Å². The zero-order valence-corrected chi connectivity index (χ0v) is 19.4. The monoisotopic (exact) mass is 513 g/mol. The van der Waals surface area contributed by atoms with Gasteiger partial charge in [-0.25, -0.2) is 4.99 Å². The topological polar surface area (TPSA) is 85.8 Å². The van der Waals surface area contributed by atoms with Crippen molar-refractivity contribution in [3.8, 4) is 0 Å². The van der Waals surface area contributed by atoms with Crippen LogP contribution in [0.1, 0.15) is 54.9 Å². The third-order valence-corrected chi connectivity index (χ3v) is 5.24. The number of aliphatic imine (C=N–C) groups is 1. The fraction of sp³-hybridized carbons (Fsp3) is 0.571. The van der Waals surface area contributed by atoms with Gasteiger partial charge in [0.05, 0.1) is 13.1 Å². The molecule has 8 heteroatoms. The van der Waals surface area contributed by atoms with Gasteiger partial charge in [-0.3, -0.25) is 9.59 Å². The lowest BCUT2D eigenvalue weighted by Gasteiger charge is -2.26. The largest absolute Gasteiger partial charge is 0.357 e. The van der Waals surface area contributed by atoms with Gasteiger partial charge in [-0.1, -0.05) is 31.4 Å². The maximum Gasteiger partial charge on any atom is 0.254 e. The molecule has 160 valence electrons. The lowest BCUT2D eigenvalue weighted by Crippen LogP contribution is -2.49. The summed E-state index contributed by atoms with van der Waals surface area (Å²) in [6, 6.07) is 8.02. The number of carbonyl (C=O) groups excluding carboxylic acids is 2. The van der Waals surface area contributed by atoms with Crippen LogP contribution in [0.25, 0.3) is 0 Å². The summed E-state index contributed by atoms with van der Waals surface area (Å²) in [5.74, 6) is 0.651. The van der Waals surface area contributed by atoms with Crippen LogP contribution in [-0.4, -0.2) is 54.9 Å². The number of benzene rings is 1. The van der Waals surface area contributed by atoms with Crippen LogP contribution in [0.4, 0.5) is 0 Å². The molecule has 1 aliphatic heterocycles. The fourth-order valence-electron chi connectivity index (χ4n) is 3.68. The van der Waals surface area contributed by atoms with E-state index in [0.29, 0.717) is 31.2 Å². The van der Waals surface area contributed by atoms with Gasteiger partial charge in [0, 0.05) is 31.2 Å². The van der Waals surface area contributed by atoms with Gasteiger partial charge in [-0.2, -0.15) is 0 Å². The molecule has 29 heavy (non-hydrogen) atoms. The predicted molar refractivity (Wildman–Crippen MR) is 126 cm³/mol. The van der Waals surface area contributed by atoms with Crippen molar-refractivity contribution < 1.29 is 9.59 Å². The smallest absolute Gasteiger partial charge is 0.254 e. The number of hydrogen-bond donors (Lipinski definition) is 3. The van der Waals surface area contributed by atoms with Gasteiger partial charge in [-0.05, 0) is 37.5 Å². The van der Waals surface area contributed by atoms with Gasteiger partial charge in [0.1, 0.15) is 0 Å². The van der Waals surface area contributed by atoms with E-state index in [1.165, 1.54) is 32.1 Å². The Balaban J connectivity index is 0.00000300. The Hall–Kier alpha value is -1.84. The van der Waals surface area contributed by atoms with Crippen LogP contribution in [-0.2, 0) is 11.3 Å². The zero-order valence-electron chi connectivity index (χ0n) is 17.1. The Morgan fingerprint density at radius 1 is 1.21 bits per heavy atom. The maximum atomic E-state index is 12.5. The van der Waals surface area contributed by atoms with Gasteiger partial charge in [0.15, 0.2) is 5.96 Å². The first-order valence-electron chi connectivity index (χ1n) is 10.4. The molecule has 0 unspecified atom stereocenters. The summed E-state index contributed by atoms with van der Waals surface area (Å²) < 4.78 is 0. The minimum Gasteiger partial charge on any atom is -0.357 e. The molecule has 2 aliphatic rings. The van der Waals surface area contributed by atoms with E-state index in [9.17, 15) is 9.59 Å². The van der Waals surface area contributed by atoms with E-state index in [1.807, 2.05) is 24.3 Å². The van der Waals surface area contributed by atoms with Gasteiger partial charge >= 0.3 is 0 Å². The average molecular weight is 513 g/mol. The quantitative estimate of drug-likeness (QED) is 0.321. The summed E-state index contributed by atoms with van der Waals surface area (Å²) in [6.07, 6.45) is 6.31. The third kappa shape index (κ3) is 7.17. The molecular weight excluding hydrogens is 481 g/mol. The van der Waals surface area contributed by atoms with E-state index in [4.69, 9.17) is 4.99 Å². The molecule has 0 bridgehead atoms. The summed E-state index contributed by atoms with van der Waals surface area (Å²) >= 11 is 0. The van der Waals surface area contributed by atoms with E-state index < -0.39 is 0 Å². The zero-order chi connectivity index (χ0) is 19.8. The van der Waals surface area contributed by atoms with E-state index in [-0.39, 0.29) is 42.3 Å². The van der Waals surface area contributed by atoms with Crippen molar-refractivity contribution in [3.05, 3.63) is 35.4 Å². The maximum absolute atomic E-state index is 12.5. The molecule has 1 aromatic carbocycles. The molecule has 1 saturated carbocycles. The molecule has 1 aliphatic carbocycles. The second-order valence-electron chi connectivity index (χ2n) is 7.45. The number of hydrogen-bond acceptors (Lipinski definition) is 3. The van der Waals surface area contributed by atoms with E-state index in [2.05, 4.69) is 22.9 Å². The van der Waals surface area contributed by atoms with Crippen LogP contribution in [0.5, 0.6) is 0 Å². The Labute approximate surface area is 190 Å². The van der Waals surface area contributed by atoms with Crippen molar-refractivity contribution in [3.63, 3.8) is 0 Å². The lowest BCUT2D eigenvalue weighted by molar-refractivity contribution is -0.123. The highest BCUT2D eigenvalue weighted by molar-refractivity contribution is 14.0. The standard InChI is InChI=1S/C21H31N5O2.HI/c1-2-22-21(25-18-6-4-3-5-7-18)24-14-16-8-10-17(11-9-16)20(28)26-13-12-23-19(27)15-26;/h8-11,18H,2-7,12-15H2,1H3,(H,23,27)(H2,22,24,25);1H. The first kappa shape index (κ1) is 23.4. The summed E-state index contributed by atoms with van der Waals surface area (Å²) in [7, 11) is 0. The first-order chi connectivity index (χ1) is 13.7. The molecule has 1 saturated heterocycles. The summed E-state index contributed by atoms with van der Waals surface area (Å²) in [4.78, 5) is 30.3. The SMILES string of the molecule is CCNC(=NCc1ccc(C(=O)N2CCNC(=O)C2)cc1)NC1CCCCC1.I. The Bertz CT molecular complexity index is 702. The first-order valence-corrected chi connectivity index (χ1v) is 10.4. The van der Waals surface area contributed by atoms with Crippen molar-refractivity contribution in [1.29, 1.82) is 0 Å². The third-order valence-electron chi connectivity index (χ3n) is 5.24. The van der Waals surface area contributed by atoms with Crippen LogP contribution < -0.4 is 16.0 Å². The van der Waals surface area contributed by atoms with E-state index in [1.54, 1.807) is 4.90 Å². The van der Waals surface area contributed by atoms with Crippen molar-refractivity contribution >= 4 is 41.8 Å². The number of halogens is 1. The molecule has 2 amide bonds. The molecule has 7 nitrogen and oxygen atoms in total. The highest BCUT2D eigenvalue weighted by atomic mass is 127. The number of rotatable bonds is 5. The van der Waals surface area contributed by atoms with Crippen LogP contribution in [0.2, 0.25) is 0 Å². The number of nitrogens with zero attached hydrogens (tertiary/aromatic N) is 2. The number of carbonyl (C=O) groups is 2. The molecular formula is C21H32IN5O2. The lowest BCUT2D eigenvalue weighted by atomic mass is 9.96. The fourth-order valence-corrected chi connectivity index (χ4v) is 3.68. The second kappa shape index (κ2) is 12.0. The van der Waals surface area contributed by atoms with Crippen LogP contribution in [0, 0.1) is 0 Å². The Morgan fingerprint density at radius 2 is 1.93 bits per heavy atom. The minimum atomic E-state index is -0.105. The molecule has 0 atom stereocenters. The van der Waals surface area contributed by atoms with Gasteiger partial charge < -0.3 is 20.9 Å². The summed E-state index contributed by atoms with van der Waals surface area (Å²) in [6.45, 7) is 4.65. The highest BCUT2D eigenvalue weighted by Crippen LogP contribution is 2.17.